The number of nitrogens with zero attached hydrogens (tertiary/aromatic N) is 2. The highest BCUT2D eigenvalue weighted by atomic mass is 32.1. The molecule has 0 aliphatic rings. The Balaban J connectivity index is 2.06. The van der Waals surface area contributed by atoms with Gasteiger partial charge in [0, 0.05) is 29.5 Å². The lowest BCUT2D eigenvalue weighted by Crippen LogP contribution is -2.27. The standard InChI is InChI=1S/C14H18N4OS/c1-4-15-11-5-6-16-12(7-11)13(19)18-10(3)14-17-8-9(2)20-14/h5-8,10H,4H2,1-3H3,(H,15,16)(H,18,19). The second-order valence-electron chi connectivity index (χ2n) is 4.46. The summed E-state index contributed by atoms with van der Waals surface area (Å²) in [5, 5.41) is 6.98. The minimum Gasteiger partial charge on any atom is -0.385 e. The van der Waals surface area contributed by atoms with Crippen molar-refractivity contribution in [2.75, 3.05) is 11.9 Å². The van der Waals surface area contributed by atoms with Crippen LogP contribution in [0.5, 0.6) is 0 Å². The molecule has 1 atom stereocenters. The molecule has 1 amide bonds. The van der Waals surface area contributed by atoms with E-state index < -0.39 is 0 Å². The van der Waals surface area contributed by atoms with Gasteiger partial charge in [-0.1, -0.05) is 0 Å². The number of hydrogen-bond donors (Lipinski definition) is 2. The van der Waals surface area contributed by atoms with Gasteiger partial charge in [0.15, 0.2) is 0 Å². The summed E-state index contributed by atoms with van der Waals surface area (Å²) in [5.74, 6) is -0.190. The van der Waals surface area contributed by atoms with Gasteiger partial charge in [-0.15, -0.1) is 11.3 Å². The molecule has 0 saturated carbocycles. The normalized spacial score (nSPS) is 11.9. The van der Waals surface area contributed by atoms with E-state index in [1.807, 2.05) is 33.0 Å². The van der Waals surface area contributed by atoms with E-state index in [1.165, 1.54) is 0 Å². The Morgan fingerprint density at radius 1 is 1.45 bits per heavy atom. The quantitative estimate of drug-likeness (QED) is 0.888. The molecule has 2 rings (SSSR count). The number of aromatic nitrogens is 2. The van der Waals surface area contributed by atoms with Crippen LogP contribution in [0.15, 0.2) is 24.5 Å². The molecule has 2 aromatic rings. The van der Waals surface area contributed by atoms with Crippen molar-refractivity contribution in [1.29, 1.82) is 0 Å². The van der Waals surface area contributed by atoms with Gasteiger partial charge in [0.2, 0.25) is 0 Å². The Labute approximate surface area is 122 Å². The van der Waals surface area contributed by atoms with Gasteiger partial charge >= 0.3 is 0 Å². The fourth-order valence-corrected chi connectivity index (χ4v) is 2.55. The molecule has 2 aromatic heterocycles. The molecule has 2 heterocycles. The van der Waals surface area contributed by atoms with Gasteiger partial charge in [0.1, 0.15) is 10.7 Å². The number of aryl methyl sites for hydroxylation is 1. The number of hydrogen-bond acceptors (Lipinski definition) is 5. The second-order valence-corrected chi connectivity index (χ2v) is 5.73. The van der Waals surface area contributed by atoms with Crippen molar-refractivity contribution >= 4 is 22.9 Å². The zero-order valence-corrected chi connectivity index (χ0v) is 12.6. The van der Waals surface area contributed by atoms with Crippen LogP contribution in [-0.4, -0.2) is 22.4 Å². The van der Waals surface area contributed by atoms with Crippen LogP contribution in [0.1, 0.15) is 40.3 Å². The SMILES string of the molecule is CCNc1ccnc(C(=O)NC(C)c2ncc(C)s2)c1. The third kappa shape index (κ3) is 3.54. The van der Waals surface area contributed by atoms with Gasteiger partial charge in [-0.05, 0) is 32.9 Å². The first-order chi connectivity index (χ1) is 9.60. The highest BCUT2D eigenvalue weighted by Crippen LogP contribution is 2.19. The molecule has 0 aliphatic carbocycles. The molecular formula is C14H18N4OS. The van der Waals surface area contributed by atoms with Crippen LogP contribution in [0.2, 0.25) is 0 Å². The Morgan fingerprint density at radius 3 is 2.90 bits per heavy atom. The van der Waals surface area contributed by atoms with E-state index in [2.05, 4.69) is 20.6 Å². The summed E-state index contributed by atoms with van der Waals surface area (Å²) in [6.07, 6.45) is 3.44. The Kier molecular flexibility index (Phi) is 4.68. The lowest BCUT2D eigenvalue weighted by Gasteiger charge is -2.11. The maximum Gasteiger partial charge on any atom is 0.270 e. The highest BCUT2D eigenvalue weighted by Gasteiger charge is 2.15. The van der Waals surface area contributed by atoms with Gasteiger partial charge in [-0.3, -0.25) is 9.78 Å². The van der Waals surface area contributed by atoms with E-state index in [-0.39, 0.29) is 11.9 Å². The molecule has 0 saturated heterocycles. The van der Waals surface area contributed by atoms with Crippen LogP contribution >= 0.6 is 11.3 Å². The van der Waals surface area contributed by atoms with Crippen molar-refractivity contribution in [3.05, 3.63) is 40.1 Å². The average molecular weight is 290 g/mol. The van der Waals surface area contributed by atoms with E-state index in [4.69, 9.17) is 0 Å². The maximum atomic E-state index is 12.2. The van der Waals surface area contributed by atoms with Gasteiger partial charge in [0.25, 0.3) is 5.91 Å². The summed E-state index contributed by atoms with van der Waals surface area (Å²) >= 11 is 1.59. The third-order valence-corrected chi connectivity index (χ3v) is 3.83. The third-order valence-electron chi connectivity index (χ3n) is 2.73. The van der Waals surface area contributed by atoms with E-state index in [9.17, 15) is 4.79 Å². The van der Waals surface area contributed by atoms with Crippen molar-refractivity contribution in [2.24, 2.45) is 0 Å². The van der Waals surface area contributed by atoms with Crippen LogP contribution < -0.4 is 10.6 Å². The molecule has 2 N–H and O–H groups in total. The molecule has 0 spiro atoms. The summed E-state index contributed by atoms with van der Waals surface area (Å²) in [4.78, 5) is 21.7. The molecule has 0 bridgehead atoms. The van der Waals surface area contributed by atoms with Gasteiger partial charge in [-0.2, -0.15) is 0 Å². The van der Waals surface area contributed by atoms with Crippen LogP contribution in [0.3, 0.4) is 0 Å². The first-order valence-electron chi connectivity index (χ1n) is 6.53. The molecule has 0 radical (unpaired) electrons. The van der Waals surface area contributed by atoms with Crippen molar-refractivity contribution in [3.8, 4) is 0 Å². The monoisotopic (exact) mass is 290 g/mol. The molecule has 0 fully saturated rings. The van der Waals surface area contributed by atoms with E-state index in [0.717, 1.165) is 22.1 Å². The lowest BCUT2D eigenvalue weighted by atomic mass is 10.2. The zero-order chi connectivity index (χ0) is 14.5. The lowest BCUT2D eigenvalue weighted by molar-refractivity contribution is 0.0935. The first-order valence-corrected chi connectivity index (χ1v) is 7.35. The number of rotatable bonds is 5. The number of anilines is 1. The molecule has 5 nitrogen and oxygen atoms in total. The molecular weight excluding hydrogens is 272 g/mol. The minimum absolute atomic E-state index is 0.120. The minimum atomic E-state index is -0.190. The maximum absolute atomic E-state index is 12.2. The second kappa shape index (κ2) is 6.47. The number of pyridine rings is 1. The summed E-state index contributed by atoms with van der Waals surface area (Å²) in [6, 6.07) is 3.47. The summed E-state index contributed by atoms with van der Waals surface area (Å²) in [6.45, 7) is 6.73. The number of thiazole rings is 1. The van der Waals surface area contributed by atoms with Gasteiger partial charge < -0.3 is 10.6 Å². The highest BCUT2D eigenvalue weighted by molar-refractivity contribution is 7.11. The first kappa shape index (κ1) is 14.5. The zero-order valence-electron chi connectivity index (χ0n) is 11.8. The van der Waals surface area contributed by atoms with Crippen LogP contribution in [0.25, 0.3) is 0 Å². The van der Waals surface area contributed by atoms with Crippen molar-refractivity contribution in [1.82, 2.24) is 15.3 Å². The number of carbonyl (C=O) groups is 1. The summed E-state index contributed by atoms with van der Waals surface area (Å²) in [5.41, 5.74) is 1.30. The summed E-state index contributed by atoms with van der Waals surface area (Å²) < 4.78 is 0. The number of amides is 1. The van der Waals surface area contributed by atoms with E-state index in [1.54, 1.807) is 23.6 Å². The largest absolute Gasteiger partial charge is 0.385 e. The molecule has 20 heavy (non-hydrogen) atoms. The van der Waals surface area contributed by atoms with Crippen LogP contribution in [-0.2, 0) is 0 Å². The van der Waals surface area contributed by atoms with E-state index >= 15 is 0 Å². The van der Waals surface area contributed by atoms with Gasteiger partial charge in [0.05, 0.1) is 6.04 Å². The Bertz CT molecular complexity index is 596. The molecule has 0 aromatic carbocycles. The topological polar surface area (TPSA) is 66.9 Å². The number of carbonyl (C=O) groups excluding carboxylic acids is 1. The fraction of sp³-hybridized carbons (Fsp3) is 0.357. The molecule has 1 unspecified atom stereocenters. The number of nitrogens with one attached hydrogen (secondary N) is 2. The molecule has 106 valence electrons. The molecule has 6 heteroatoms. The van der Waals surface area contributed by atoms with Crippen LogP contribution in [0, 0.1) is 6.92 Å². The predicted octanol–water partition coefficient (Wildman–Crippen LogP) is 2.77. The molecule has 0 aliphatic heterocycles. The Hall–Kier alpha value is -1.95. The Morgan fingerprint density at radius 2 is 2.25 bits per heavy atom. The van der Waals surface area contributed by atoms with Crippen LogP contribution in [0.4, 0.5) is 5.69 Å². The van der Waals surface area contributed by atoms with Crippen molar-refractivity contribution in [2.45, 2.75) is 26.8 Å². The van der Waals surface area contributed by atoms with Crippen molar-refractivity contribution in [3.63, 3.8) is 0 Å². The van der Waals surface area contributed by atoms with E-state index in [0.29, 0.717) is 5.69 Å². The summed E-state index contributed by atoms with van der Waals surface area (Å²) in [7, 11) is 0. The van der Waals surface area contributed by atoms with Gasteiger partial charge in [-0.25, -0.2) is 4.98 Å². The predicted molar refractivity (Wildman–Crippen MR) is 81.1 cm³/mol. The van der Waals surface area contributed by atoms with Crippen molar-refractivity contribution < 1.29 is 4.79 Å². The fourth-order valence-electron chi connectivity index (χ4n) is 1.77. The average Bonchev–Trinajstić information content (AvgIpc) is 2.86. The smallest absolute Gasteiger partial charge is 0.270 e.